The first-order valence-corrected chi connectivity index (χ1v) is 5.35. The molecular formula is C10H19NO2. The second kappa shape index (κ2) is 4.94. The fraction of sp³-hybridized carbons (Fsp3) is 1.00. The van der Waals surface area contributed by atoms with Gasteiger partial charge in [0.05, 0.1) is 25.9 Å². The van der Waals surface area contributed by atoms with Crippen molar-refractivity contribution in [3.8, 4) is 0 Å². The molecule has 1 heterocycles. The maximum absolute atomic E-state index is 5.52. The average Bonchev–Trinajstić information content (AvgIpc) is 2.11. The van der Waals surface area contributed by atoms with Crippen LogP contribution < -0.4 is 5.32 Å². The van der Waals surface area contributed by atoms with Crippen molar-refractivity contribution in [3.63, 3.8) is 0 Å². The van der Waals surface area contributed by atoms with Gasteiger partial charge in [0.15, 0.2) is 0 Å². The van der Waals surface area contributed by atoms with Crippen molar-refractivity contribution in [2.45, 2.75) is 25.4 Å². The highest BCUT2D eigenvalue weighted by atomic mass is 16.6. The van der Waals surface area contributed by atoms with Gasteiger partial charge < -0.3 is 14.8 Å². The third-order valence-electron chi connectivity index (χ3n) is 2.91. The van der Waals surface area contributed by atoms with Crippen LogP contribution in [-0.4, -0.2) is 39.0 Å². The first-order valence-electron chi connectivity index (χ1n) is 5.35. The van der Waals surface area contributed by atoms with E-state index in [2.05, 4.69) is 5.32 Å². The van der Waals surface area contributed by atoms with Crippen LogP contribution in [0.3, 0.4) is 0 Å². The monoisotopic (exact) mass is 185 g/mol. The van der Waals surface area contributed by atoms with Crippen molar-refractivity contribution in [1.29, 1.82) is 0 Å². The van der Waals surface area contributed by atoms with Crippen molar-refractivity contribution in [2.24, 2.45) is 5.92 Å². The van der Waals surface area contributed by atoms with Crippen LogP contribution in [0.25, 0.3) is 0 Å². The summed E-state index contributed by atoms with van der Waals surface area (Å²) in [7, 11) is 0. The second-order valence-electron chi connectivity index (χ2n) is 4.02. The van der Waals surface area contributed by atoms with Gasteiger partial charge in [-0.25, -0.2) is 0 Å². The quantitative estimate of drug-likeness (QED) is 0.702. The number of ether oxygens (including phenoxy) is 2. The van der Waals surface area contributed by atoms with Crippen LogP contribution in [0.5, 0.6) is 0 Å². The van der Waals surface area contributed by atoms with Gasteiger partial charge in [0.25, 0.3) is 0 Å². The lowest BCUT2D eigenvalue weighted by atomic mass is 9.85. The predicted octanol–water partition coefficient (Wildman–Crippen LogP) is 0.791. The fourth-order valence-corrected chi connectivity index (χ4v) is 1.80. The molecule has 0 radical (unpaired) electrons. The average molecular weight is 185 g/mol. The standard InChI is InChI=1S/C10H19NO2/c1-2-9(3-1)6-11-7-10-8-12-4-5-13-10/h9-11H,1-8H2. The molecule has 2 rings (SSSR count). The van der Waals surface area contributed by atoms with E-state index >= 15 is 0 Å². The highest BCUT2D eigenvalue weighted by Crippen LogP contribution is 2.25. The van der Waals surface area contributed by atoms with Gasteiger partial charge in [-0.05, 0) is 25.3 Å². The molecule has 13 heavy (non-hydrogen) atoms. The molecule has 1 N–H and O–H groups in total. The lowest BCUT2D eigenvalue weighted by molar-refractivity contribution is -0.0866. The smallest absolute Gasteiger partial charge is 0.0933 e. The normalized spacial score (nSPS) is 30.0. The molecular weight excluding hydrogens is 166 g/mol. The van der Waals surface area contributed by atoms with E-state index in [1.54, 1.807) is 0 Å². The van der Waals surface area contributed by atoms with Gasteiger partial charge in [-0.2, -0.15) is 0 Å². The number of nitrogens with one attached hydrogen (secondary N) is 1. The lowest BCUT2D eigenvalue weighted by Crippen LogP contribution is -2.39. The molecule has 1 atom stereocenters. The number of rotatable bonds is 4. The van der Waals surface area contributed by atoms with Crippen LogP contribution in [-0.2, 0) is 9.47 Å². The zero-order chi connectivity index (χ0) is 8.93. The van der Waals surface area contributed by atoms with Crippen LogP contribution in [0, 0.1) is 5.92 Å². The van der Waals surface area contributed by atoms with Crippen molar-refractivity contribution < 1.29 is 9.47 Å². The molecule has 0 amide bonds. The molecule has 0 spiro atoms. The van der Waals surface area contributed by atoms with Crippen LogP contribution in [0.1, 0.15) is 19.3 Å². The summed E-state index contributed by atoms with van der Waals surface area (Å²) in [6, 6.07) is 0. The molecule has 2 fully saturated rings. The van der Waals surface area contributed by atoms with Crippen LogP contribution in [0.2, 0.25) is 0 Å². The molecule has 3 heteroatoms. The SMILES string of the molecule is C1CC(CNCC2COCCO2)C1. The molecule has 1 aliphatic heterocycles. The van der Waals surface area contributed by atoms with Gasteiger partial charge in [0, 0.05) is 6.54 Å². The zero-order valence-corrected chi connectivity index (χ0v) is 8.13. The third-order valence-corrected chi connectivity index (χ3v) is 2.91. The van der Waals surface area contributed by atoms with E-state index in [4.69, 9.17) is 9.47 Å². The van der Waals surface area contributed by atoms with E-state index in [-0.39, 0.29) is 6.10 Å². The summed E-state index contributed by atoms with van der Waals surface area (Å²) < 4.78 is 10.8. The van der Waals surface area contributed by atoms with Gasteiger partial charge >= 0.3 is 0 Å². The molecule has 1 saturated carbocycles. The molecule has 1 aliphatic carbocycles. The van der Waals surface area contributed by atoms with Gasteiger partial charge in [-0.15, -0.1) is 0 Å². The van der Waals surface area contributed by atoms with Gasteiger partial charge in [0.1, 0.15) is 0 Å². The molecule has 76 valence electrons. The van der Waals surface area contributed by atoms with E-state index in [9.17, 15) is 0 Å². The van der Waals surface area contributed by atoms with E-state index in [1.807, 2.05) is 0 Å². The predicted molar refractivity (Wildman–Crippen MR) is 50.8 cm³/mol. The molecule has 1 saturated heterocycles. The lowest BCUT2D eigenvalue weighted by Gasteiger charge is -2.28. The first kappa shape index (κ1) is 9.44. The highest BCUT2D eigenvalue weighted by Gasteiger charge is 2.18. The van der Waals surface area contributed by atoms with Crippen LogP contribution in [0.4, 0.5) is 0 Å². The van der Waals surface area contributed by atoms with Crippen LogP contribution >= 0.6 is 0 Å². The maximum atomic E-state index is 5.52. The number of hydrogen-bond donors (Lipinski definition) is 1. The first-order chi connectivity index (χ1) is 6.45. The fourth-order valence-electron chi connectivity index (χ4n) is 1.80. The summed E-state index contributed by atoms with van der Waals surface area (Å²) in [5.74, 6) is 0.935. The minimum atomic E-state index is 0.286. The highest BCUT2D eigenvalue weighted by molar-refractivity contribution is 4.73. The van der Waals surface area contributed by atoms with Gasteiger partial charge in [0.2, 0.25) is 0 Å². The Bertz CT molecular complexity index is 142. The third kappa shape index (κ3) is 2.93. The molecule has 0 aromatic heterocycles. The Labute approximate surface area is 79.8 Å². The van der Waals surface area contributed by atoms with Gasteiger partial charge in [-0.1, -0.05) is 6.42 Å². The Kier molecular flexibility index (Phi) is 3.58. The molecule has 3 nitrogen and oxygen atoms in total. The van der Waals surface area contributed by atoms with E-state index in [1.165, 1.54) is 25.8 Å². The Morgan fingerprint density at radius 3 is 2.69 bits per heavy atom. The van der Waals surface area contributed by atoms with Crippen LogP contribution in [0.15, 0.2) is 0 Å². The Hall–Kier alpha value is -0.120. The Morgan fingerprint density at radius 1 is 1.15 bits per heavy atom. The Balaban J connectivity index is 1.50. The summed E-state index contributed by atoms with van der Waals surface area (Å²) >= 11 is 0. The summed E-state index contributed by atoms with van der Waals surface area (Å²) in [6.45, 7) is 4.41. The summed E-state index contributed by atoms with van der Waals surface area (Å²) in [6.07, 6.45) is 4.54. The van der Waals surface area contributed by atoms with Crippen molar-refractivity contribution in [2.75, 3.05) is 32.9 Å². The molecule has 0 aromatic rings. The molecule has 0 bridgehead atoms. The van der Waals surface area contributed by atoms with Crippen molar-refractivity contribution >= 4 is 0 Å². The second-order valence-corrected chi connectivity index (χ2v) is 4.02. The summed E-state index contributed by atoms with van der Waals surface area (Å²) in [5, 5.41) is 3.45. The molecule has 2 aliphatic rings. The molecule has 0 aromatic carbocycles. The Morgan fingerprint density at radius 2 is 2.08 bits per heavy atom. The number of hydrogen-bond acceptors (Lipinski definition) is 3. The largest absolute Gasteiger partial charge is 0.376 e. The van der Waals surface area contributed by atoms with Gasteiger partial charge in [-0.3, -0.25) is 0 Å². The minimum absolute atomic E-state index is 0.286. The molecule has 1 unspecified atom stereocenters. The minimum Gasteiger partial charge on any atom is -0.376 e. The maximum Gasteiger partial charge on any atom is 0.0933 e. The van der Waals surface area contributed by atoms with E-state index in [0.29, 0.717) is 0 Å². The zero-order valence-electron chi connectivity index (χ0n) is 8.13. The van der Waals surface area contributed by atoms with Crippen molar-refractivity contribution in [1.82, 2.24) is 5.32 Å². The van der Waals surface area contributed by atoms with E-state index < -0.39 is 0 Å². The topological polar surface area (TPSA) is 30.5 Å². The summed E-state index contributed by atoms with van der Waals surface area (Å²) in [5.41, 5.74) is 0. The van der Waals surface area contributed by atoms with Crippen molar-refractivity contribution in [3.05, 3.63) is 0 Å². The summed E-state index contributed by atoms with van der Waals surface area (Å²) in [4.78, 5) is 0. The van der Waals surface area contributed by atoms with E-state index in [0.717, 1.165) is 32.3 Å².